The molecule has 0 aromatic rings. The first-order valence-electron chi connectivity index (χ1n) is 4.32. The number of carbonyl (C=O) groups excluding carboxylic acids is 1. The van der Waals surface area contributed by atoms with Crippen molar-refractivity contribution in [1.29, 1.82) is 0 Å². The third-order valence-corrected chi connectivity index (χ3v) is 2.80. The summed E-state index contributed by atoms with van der Waals surface area (Å²) in [7, 11) is 0. The van der Waals surface area contributed by atoms with Crippen molar-refractivity contribution in [2.45, 2.75) is 6.10 Å². The number of morpholine rings is 1. The second kappa shape index (κ2) is 5.53. The first-order chi connectivity index (χ1) is 6.65. The summed E-state index contributed by atoms with van der Waals surface area (Å²) in [6.45, 7) is 1.65. The van der Waals surface area contributed by atoms with Crippen molar-refractivity contribution in [2.24, 2.45) is 5.73 Å². The summed E-state index contributed by atoms with van der Waals surface area (Å²) in [5, 5.41) is 0. The Labute approximate surface area is 93.1 Å². The molecule has 0 aliphatic carbocycles. The van der Waals surface area contributed by atoms with E-state index in [-0.39, 0.29) is 12.0 Å². The summed E-state index contributed by atoms with van der Waals surface area (Å²) in [6, 6.07) is 0. The van der Waals surface area contributed by atoms with Crippen molar-refractivity contribution in [3.8, 4) is 0 Å². The standard InChI is InChI=1S/C8H14N2O2S2/c1-14-5-7(11)10-2-3-12-6(4-10)8(9)13/h6H,2-5H2,1H3,(H2,9,13). The quantitative estimate of drug-likeness (QED) is 0.689. The van der Waals surface area contributed by atoms with E-state index < -0.39 is 0 Å². The molecule has 2 N–H and O–H groups in total. The fourth-order valence-corrected chi connectivity index (χ4v) is 1.83. The van der Waals surface area contributed by atoms with Gasteiger partial charge in [0.25, 0.3) is 0 Å². The van der Waals surface area contributed by atoms with Crippen LogP contribution >= 0.6 is 24.0 Å². The van der Waals surface area contributed by atoms with Crippen LogP contribution in [0.5, 0.6) is 0 Å². The molecule has 1 unspecified atom stereocenters. The SMILES string of the molecule is CSCC(=O)N1CCOC(C(N)=S)C1. The molecule has 4 nitrogen and oxygen atoms in total. The van der Waals surface area contributed by atoms with E-state index >= 15 is 0 Å². The summed E-state index contributed by atoms with van der Waals surface area (Å²) in [5.41, 5.74) is 5.47. The maximum atomic E-state index is 11.5. The molecule has 1 heterocycles. The number of ether oxygens (including phenoxy) is 1. The first kappa shape index (κ1) is 11.7. The average Bonchev–Trinajstić information content (AvgIpc) is 2.18. The van der Waals surface area contributed by atoms with Crippen LogP contribution in [0.15, 0.2) is 0 Å². The molecule has 0 spiro atoms. The first-order valence-corrected chi connectivity index (χ1v) is 6.13. The predicted molar refractivity (Wildman–Crippen MR) is 61.5 cm³/mol. The Morgan fingerprint density at radius 3 is 3.07 bits per heavy atom. The molecule has 6 heteroatoms. The lowest BCUT2D eigenvalue weighted by atomic mass is 10.2. The Morgan fingerprint density at radius 1 is 1.79 bits per heavy atom. The van der Waals surface area contributed by atoms with Crippen LogP contribution < -0.4 is 5.73 Å². The van der Waals surface area contributed by atoms with Gasteiger partial charge < -0.3 is 15.4 Å². The van der Waals surface area contributed by atoms with Crippen molar-refractivity contribution >= 4 is 34.9 Å². The Hall–Kier alpha value is -0.330. The highest BCUT2D eigenvalue weighted by Crippen LogP contribution is 2.07. The summed E-state index contributed by atoms with van der Waals surface area (Å²) in [5.74, 6) is 0.631. The highest BCUT2D eigenvalue weighted by molar-refractivity contribution is 7.99. The largest absolute Gasteiger partial charge is 0.391 e. The van der Waals surface area contributed by atoms with Crippen LogP contribution in [0.25, 0.3) is 0 Å². The molecule has 0 bridgehead atoms. The Balaban J connectivity index is 2.47. The third kappa shape index (κ3) is 3.11. The van der Waals surface area contributed by atoms with E-state index in [0.29, 0.717) is 30.4 Å². The van der Waals surface area contributed by atoms with Gasteiger partial charge in [-0.15, -0.1) is 0 Å². The molecule has 0 radical (unpaired) electrons. The molecule has 1 rings (SSSR count). The lowest BCUT2D eigenvalue weighted by Crippen LogP contribution is -2.50. The Bertz CT molecular complexity index is 235. The third-order valence-electron chi connectivity index (χ3n) is 2.00. The number of thiocarbonyl (C=S) groups is 1. The molecule has 1 atom stereocenters. The fourth-order valence-electron chi connectivity index (χ4n) is 1.26. The van der Waals surface area contributed by atoms with Gasteiger partial charge in [-0.2, -0.15) is 11.8 Å². The van der Waals surface area contributed by atoms with Gasteiger partial charge in [-0.05, 0) is 6.26 Å². The highest BCUT2D eigenvalue weighted by Gasteiger charge is 2.25. The molecular weight excluding hydrogens is 220 g/mol. The van der Waals surface area contributed by atoms with Gasteiger partial charge in [0.1, 0.15) is 11.1 Å². The number of thioether (sulfide) groups is 1. The monoisotopic (exact) mass is 234 g/mol. The molecule has 80 valence electrons. The fraction of sp³-hybridized carbons (Fsp3) is 0.750. The van der Waals surface area contributed by atoms with Crippen molar-refractivity contribution in [2.75, 3.05) is 31.7 Å². The molecule has 0 aromatic heterocycles. The van der Waals surface area contributed by atoms with Gasteiger partial charge >= 0.3 is 0 Å². The summed E-state index contributed by atoms with van der Waals surface area (Å²) in [6.07, 6.45) is 1.63. The molecule has 1 saturated heterocycles. The van der Waals surface area contributed by atoms with Crippen molar-refractivity contribution in [3.05, 3.63) is 0 Å². The number of nitrogens with two attached hydrogens (primary N) is 1. The van der Waals surface area contributed by atoms with Crippen LogP contribution in [0.3, 0.4) is 0 Å². The molecule has 1 amide bonds. The van der Waals surface area contributed by atoms with E-state index in [1.165, 1.54) is 11.8 Å². The number of nitrogens with zero attached hydrogens (tertiary/aromatic N) is 1. The van der Waals surface area contributed by atoms with Gasteiger partial charge in [-0.1, -0.05) is 12.2 Å². The molecule has 14 heavy (non-hydrogen) atoms. The van der Waals surface area contributed by atoms with Crippen LogP contribution in [-0.4, -0.2) is 53.6 Å². The predicted octanol–water partition coefficient (Wildman–Crippen LogP) is -0.137. The number of carbonyl (C=O) groups is 1. The molecular formula is C8H14N2O2S2. The van der Waals surface area contributed by atoms with E-state index in [1.807, 2.05) is 6.26 Å². The minimum Gasteiger partial charge on any atom is -0.391 e. The molecule has 1 aliphatic heterocycles. The van der Waals surface area contributed by atoms with E-state index in [2.05, 4.69) is 0 Å². The van der Waals surface area contributed by atoms with Gasteiger partial charge in [0, 0.05) is 6.54 Å². The molecule has 1 aliphatic rings. The van der Waals surface area contributed by atoms with Gasteiger partial charge in [0.2, 0.25) is 5.91 Å². The number of hydrogen-bond donors (Lipinski definition) is 1. The van der Waals surface area contributed by atoms with E-state index in [4.69, 9.17) is 22.7 Å². The Morgan fingerprint density at radius 2 is 2.50 bits per heavy atom. The van der Waals surface area contributed by atoms with E-state index in [1.54, 1.807) is 4.90 Å². The topological polar surface area (TPSA) is 55.6 Å². The van der Waals surface area contributed by atoms with Crippen LogP contribution in [-0.2, 0) is 9.53 Å². The lowest BCUT2D eigenvalue weighted by molar-refractivity contribution is -0.133. The number of rotatable bonds is 3. The summed E-state index contributed by atoms with van der Waals surface area (Å²) < 4.78 is 5.33. The van der Waals surface area contributed by atoms with Crippen LogP contribution in [0, 0.1) is 0 Å². The minimum absolute atomic E-state index is 0.127. The second-order valence-electron chi connectivity index (χ2n) is 3.03. The summed E-state index contributed by atoms with van der Waals surface area (Å²) >= 11 is 6.35. The normalized spacial score (nSPS) is 22.1. The van der Waals surface area contributed by atoms with Crippen LogP contribution in [0.1, 0.15) is 0 Å². The zero-order valence-corrected chi connectivity index (χ0v) is 9.70. The smallest absolute Gasteiger partial charge is 0.232 e. The van der Waals surface area contributed by atoms with Crippen LogP contribution in [0.4, 0.5) is 0 Å². The number of hydrogen-bond acceptors (Lipinski definition) is 4. The zero-order chi connectivity index (χ0) is 10.6. The lowest BCUT2D eigenvalue weighted by Gasteiger charge is -2.32. The second-order valence-corrected chi connectivity index (χ2v) is 4.37. The van der Waals surface area contributed by atoms with Gasteiger partial charge in [-0.25, -0.2) is 0 Å². The highest BCUT2D eigenvalue weighted by atomic mass is 32.2. The molecule has 0 saturated carbocycles. The van der Waals surface area contributed by atoms with Crippen molar-refractivity contribution in [1.82, 2.24) is 4.90 Å². The number of amides is 1. The minimum atomic E-state index is -0.274. The molecule has 1 fully saturated rings. The van der Waals surface area contributed by atoms with Crippen LogP contribution in [0.2, 0.25) is 0 Å². The van der Waals surface area contributed by atoms with Crippen molar-refractivity contribution < 1.29 is 9.53 Å². The van der Waals surface area contributed by atoms with Gasteiger partial charge in [0.05, 0.1) is 18.9 Å². The average molecular weight is 234 g/mol. The van der Waals surface area contributed by atoms with E-state index in [9.17, 15) is 4.79 Å². The van der Waals surface area contributed by atoms with Gasteiger partial charge in [-0.3, -0.25) is 4.79 Å². The Kier molecular flexibility index (Phi) is 4.64. The maximum absolute atomic E-state index is 11.5. The summed E-state index contributed by atoms with van der Waals surface area (Å²) in [4.78, 5) is 13.6. The van der Waals surface area contributed by atoms with Gasteiger partial charge in [0.15, 0.2) is 0 Å². The maximum Gasteiger partial charge on any atom is 0.232 e. The zero-order valence-electron chi connectivity index (χ0n) is 8.06. The van der Waals surface area contributed by atoms with E-state index in [0.717, 1.165) is 0 Å². The van der Waals surface area contributed by atoms with Crippen molar-refractivity contribution in [3.63, 3.8) is 0 Å². The molecule has 0 aromatic carbocycles.